The number of alkyl halides is 12. The molecule has 21 heteroatoms. The molecule has 164 valence electrons. The van der Waals surface area contributed by atoms with E-state index in [1.807, 2.05) is 0 Å². The van der Waals surface area contributed by atoms with Crippen LogP contribution >= 0.6 is 10.7 Å². The van der Waals surface area contributed by atoms with Gasteiger partial charge in [0.2, 0.25) is 0 Å². The van der Waals surface area contributed by atoms with Gasteiger partial charge in [0.25, 0.3) is 0 Å². The molecule has 0 aromatic heterocycles. The molecule has 6 nitrogen and oxygen atoms in total. The molecule has 0 aromatic rings. The van der Waals surface area contributed by atoms with Crippen molar-refractivity contribution in [3.8, 4) is 0 Å². The average Bonchev–Trinajstić information content (AvgIpc) is 2.33. The van der Waals surface area contributed by atoms with Crippen LogP contribution in [-0.4, -0.2) is 56.0 Å². The third kappa shape index (κ3) is 3.90. The predicted molar refractivity (Wildman–Crippen MR) is 57.1 cm³/mol. The maximum atomic E-state index is 13.0. The van der Waals surface area contributed by atoms with Crippen molar-refractivity contribution in [1.29, 1.82) is 0 Å². The molecule has 27 heavy (non-hydrogen) atoms. The molecule has 0 amide bonds. The monoisotopic (exact) mass is 496 g/mol. The molecule has 0 aliphatic rings. The van der Waals surface area contributed by atoms with Gasteiger partial charge in [-0.25, -0.2) is 13.2 Å². The van der Waals surface area contributed by atoms with Crippen LogP contribution in [0.3, 0.4) is 0 Å². The molecular formula is C6HClF12O6S2. The van der Waals surface area contributed by atoms with Gasteiger partial charge in [-0.1, -0.05) is 0 Å². The van der Waals surface area contributed by atoms with Crippen molar-refractivity contribution in [3.63, 3.8) is 0 Å². The highest BCUT2D eigenvalue weighted by Crippen LogP contribution is 2.57. The second-order valence-corrected chi connectivity index (χ2v) is 8.30. The first-order valence-electron chi connectivity index (χ1n) is 5.09. The third-order valence-electron chi connectivity index (χ3n) is 2.35. The Morgan fingerprint density at radius 2 is 0.963 bits per heavy atom. The fourth-order valence-corrected chi connectivity index (χ4v) is 2.02. The SMILES string of the molecule is O=S(=O)(O)C(F)(F)C(F)(F)OC(F)(F)C(F)(F)C(F)(F)C(F)(F)S(=O)(=O)Cl. The van der Waals surface area contributed by atoms with Gasteiger partial charge in [-0.3, -0.25) is 4.55 Å². The van der Waals surface area contributed by atoms with Crippen molar-refractivity contribution in [2.45, 2.75) is 34.6 Å². The van der Waals surface area contributed by atoms with Crippen LogP contribution in [0, 0.1) is 0 Å². The lowest BCUT2D eigenvalue weighted by molar-refractivity contribution is -0.484. The van der Waals surface area contributed by atoms with E-state index in [9.17, 15) is 69.5 Å². The Labute approximate surface area is 144 Å². The van der Waals surface area contributed by atoms with Crippen LogP contribution in [0.4, 0.5) is 52.7 Å². The molecule has 0 aromatic carbocycles. The van der Waals surface area contributed by atoms with Gasteiger partial charge < -0.3 is 0 Å². The second kappa shape index (κ2) is 6.39. The molecular weight excluding hydrogens is 496 g/mol. The topological polar surface area (TPSA) is 97.7 Å². The number of hydrogen-bond acceptors (Lipinski definition) is 5. The lowest BCUT2D eigenvalue weighted by atomic mass is 10.1. The van der Waals surface area contributed by atoms with E-state index in [1.165, 1.54) is 4.74 Å². The first kappa shape index (κ1) is 26.3. The molecule has 0 heterocycles. The summed E-state index contributed by atoms with van der Waals surface area (Å²) in [6.45, 7) is 0. The van der Waals surface area contributed by atoms with E-state index >= 15 is 0 Å². The van der Waals surface area contributed by atoms with E-state index in [4.69, 9.17) is 4.55 Å². The van der Waals surface area contributed by atoms with Gasteiger partial charge in [-0.15, -0.1) is 0 Å². The van der Waals surface area contributed by atoms with E-state index in [2.05, 4.69) is 10.7 Å². The number of hydrogen-bond donors (Lipinski definition) is 1. The molecule has 0 aliphatic heterocycles. The van der Waals surface area contributed by atoms with Gasteiger partial charge in [0.05, 0.1) is 0 Å². The first-order valence-corrected chi connectivity index (χ1v) is 8.84. The van der Waals surface area contributed by atoms with Crippen molar-refractivity contribution >= 4 is 29.9 Å². The van der Waals surface area contributed by atoms with Gasteiger partial charge in [0.15, 0.2) is 0 Å². The molecule has 1 N–H and O–H groups in total. The Hall–Kier alpha value is -0.730. The number of ether oxygens (including phenoxy) is 1. The summed E-state index contributed by atoms with van der Waals surface area (Å²) in [7, 11) is -10.9. The molecule has 0 fully saturated rings. The van der Waals surface area contributed by atoms with Gasteiger partial charge in [0.1, 0.15) is 0 Å². The van der Waals surface area contributed by atoms with Crippen LogP contribution < -0.4 is 0 Å². The second-order valence-electron chi connectivity index (χ2n) is 4.23. The van der Waals surface area contributed by atoms with Gasteiger partial charge in [-0.05, 0) is 0 Å². The van der Waals surface area contributed by atoms with Crippen LogP contribution in [-0.2, 0) is 23.9 Å². The third-order valence-corrected chi connectivity index (χ3v) is 4.69. The fraction of sp³-hybridized carbons (Fsp3) is 1.00. The van der Waals surface area contributed by atoms with E-state index in [-0.39, 0.29) is 0 Å². The zero-order valence-corrected chi connectivity index (χ0v) is 13.6. The summed E-state index contributed by atoms with van der Waals surface area (Å²) >= 11 is 0. The Bertz CT molecular complexity index is 789. The fourth-order valence-electron chi connectivity index (χ4n) is 0.953. The normalized spacial score (nSPS) is 16.5. The Morgan fingerprint density at radius 1 is 0.630 bits per heavy atom. The van der Waals surface area contributed by atoms with Crippen LogP contribution in [0.2, 0.25) is 0 Å². The van der Waals surface area contributed by atoms with Crippen molar-refractivity contribution in [2.24, 2.45) is 0 Å². The first-order chi connectivity index (χ1) is 11.2. The van der Waals surface area contributed by atoms with Gasteiger partial charge in [-0.2, -0.15) is 61.1 Å². The summed E-state index contributed by atoms with van der Waals surface area (Å²) < 4.78 is 203. The van der Waals surface area contributed by atoms with Crippen molar-refractivity contribution in [1.82, 2.24) is 0 Å². The molecule has 0 atom stereocenters. The average molecular weight is 497 g/mol. The maximum Gasteiger partial charge on any atom is 0.460 e. The lowest BCUT2D eigenvalue weighted by Gasteiger charge is -2.36. The largest absolute Gasteiger partial charge is 0.460 e. The van der Waals surface area contributed by atoms with Crippen LogP contribution in [0.1, 0.15) is 0 Å². The van der Waals surface area contributed by atoms with Crippen molar-refractivity contribution < 1.29 is 78.8 Å². The summed E-state index contributed by atoms with van der Waals surface area (Å²) in [6, 6.07) is 0. The summed E-state index contributed by atoms with van der Waals surface area (Å²) in [5.41, 5.74) is 0. The van der Waals surface area contributed by atoms with Crippen LogP contribution in [0.5, 0.6) is 0 Å². The van der Waals surface area contributed by atoms with Gasteiger partial charge >= 0.3 is 53.7 Å². The molecule has 0 rings (SSSR count). The van der Waals surface area contributed by atoms with Crippen molar-refractivity contribution in [3.05, 3.63) is 0 Å². The molecule has 0 saturated heterocycles. The lowest BCUT2D eigenvalue weighted by Crippen LogP contribution is -2.66. The molecule has 0 bridgehead atoms. The highest BCUT2D eigenvalue weighted by Gasteiger charge is 2.87. The number of halogens is 13. The van der Waals surface area contributed by atoms with Gasteiger partial charge in [0, 0.05) is 10.7 Å². The highest BCUT2D eigenvalue weighted by atomic mass is 35.7. The Morgan fingerprint density at radius 3 is 1.22 bits per heavy atom. The van der Waals surface area contributed by atoms with E-state index in [1.54, 1.807) is 0 Å². The Kier molecular flexibility index (Phi) is 6.22. The summed E-state index contributed by atoms with van der Waals surface area (Å²) in [4.78, 5) is 0. The summed E-state index contributed by atoms with van der Waals surface area (Å²) in [5.74, 6) is -15.9. The van der Waals surface area contributed by atoms with Crippen LogP contribution in [0.25, 0.3) is 0 Å². The molecule has 0 aliphatic carbocycles. The summed E-state index contributed by atoms with van der Waals surface area (Å²) in [6.07, 6.45) is -15.2. The minimum atomic E-state index is -8.01. The standard InChI is InChI=1S/C6HClF12O6S2/c7-26(20,21)5(16,17)2(10,11)1(8,9)3(12,13)25-4(14,15)6(18,19)27(22,23)24/h(H,22,23,24). The predicted octanol–water partition coefficient (Wildman–Crippen LogP) is 3.10. The van der Waals surface area contributed by atoms with E-state index in [0.717, 1.165) is 0 Å². The summed E-state index contributed by atoms with van der Waals surface area (Å²) in [5, 5.41) is -14.5. The van der Waals surface area contributed by atoms with E-state index < -0.39 is 53.7 Å². The Balaban J connectivity index is 6.38. The molecule has 0 radical (unpaired) electrons. The quantitative estimate of drug-likeness (QED) is 0.315. The van der Waals surface area contributed by atoms with Crippen LogP contribution in [0.15, 0.2) is 0 Å². The minimum Gasteiger partial charge on any atom is -0.281 e. The zero-order valence-electron chi connectivity index (χ0n) is 11.2. The number of rotatable bonds is 8. The molecule has 0 saturated carbocycles. The molecule has 0 unspecified atom stereocenters. The smallest absolute Gasteiger partial charge is 0.281 e. The minimum absolute atomic E-state index is 1.32. The highest BCUT2D eigenvalue weighted by molar-refractivity contribution is 8.14. The molecule has 0 spiro atoms. The van der Waals surface area contributed by atoms with Crippen molar-refractivity contribution in [2.75, 3.05) is 0 Å². The maximum absolute atomic E-state index is 13.0. The van der Waals surface area contributed by atoms with E-state index in [0.29, 0.717) is 0 Å². The zero-order chi connectivity index (χ0) is 22.7.